The first kappa shape index (κ1) is 44.5. The molecule has 1 aromatic rings. The summed E-state index contributed by atoms with van der Waals surface area (Å²) < 4.78 is 6.32. The van der Waals surface area contributed by atoms with Gasteiger partial charge in [0.2, 0.25) is 17.7 Å². The first-order valence-corrected chi connectivity index (χ1v) is 21.8. The number of hydrogen-bond acceptors (Lipinski definition) is 8. The van der Waals surface area contributed by atoms with Crippen LogP contribution in [-0.2, 0) is 35.1 Å². The molecule has 0 spiro atoms. The highest BCUT2D eigenvalue weighted by atomic mass is 32.2. The lowest BCUT2D eigenvalue weighted by Gasteiger charge is -2.36. The van der Waals surface area contributed by atoms with Gasteiger partial charge in [-0.05, 0) is 81.1 Å². The number of benzene rings is 1. The van der Waals surface area contributed by atoms with E-state index < -0.39 is 35.9 Å². The van der Waals surface area contributed by atoms with E-state index in [1.807, 2.05) is 45.0 Å². The molecule has 10 nitrogen and oxygen atoms in total. The molecular formula is C44H68N4O6S. The highest BCUT2D eigenvalue weighted by molar-refractivity contribution is 8.14. The van der Waals surface area contributed by atoms with Gasteiger partial charge < -0.3 is 20.3 Å². The molecule has 11 heteroatoms. The molecule has 3 heterocycles. The Kier molecular flexibility index (Phi) is 16.0. The van der Waals surface area contributed by atoms with Crippen molar-refractivity contribution in [2.75, 3.05) is 12.3 Å². The van der Waals surface area contributed by atoms with Crippen LogP contribution < -0.4 is 10.6 Å². The van der Waals surface area contributed by atoms with Gasteiger partial charge in [0.05, 0.1) is 11.1 Å². The number of ether oxygens (including phenoxy) is 1. The number of aliphatic imine (C=N–C) groups is 1. The molecule has 2 bridgehead atoms. The molecule has 4 rings (SSSR count). The zero-order valence-corrected chi connectivity index (χ0v) is 35.9. The molecule has 3 aliphatic rings. The van der Waals surface area contributed by atoms with Crippen LogP contribution >= 0.6 is 11.8 Å². The standard InChI is InChI=1S/C44H68N4O6S/c1-11-28(4)38-42(52)48-20-12-13-36(48)43(53)54-37(44(8,9)10)22-27(3)21-29(5)30(6)41-46-34(25-55-41)18-19-35(49)24-33(23-32-16-14-26(2)15-17-32)40(51)45-31(7)39(50)47-38/h14-17,27-31,33-34,36-38H,11-13,18-25H2,1-10H3,(H,45,51)(H,47,50)/t27-,28-,29-,30+,31-,33+,34+,36-,37-,38-/m0/s1. The summed E-state index contributed by atoms with van der Waals surface area (Å²) in [6.07, 6.45) is 4.48. The molecule has 0 aromatic heterocycles. The van der Waals surface area contributed by atoms with Gasteiger partial charge in [-0.1, -0.05) is 91.6 Å². The molecule has 0 unspecified atom stereocenters. The molecule has 1 fully saturated rings. The normalized spacial score (nSPS) is 32.0. The molecular weight excluding hydrogens is 713 g/mol. The van der Waals surface area contributed by atoms with E-state index in [1.165, 1.54) is 0 Å². The molecule has 10 atom stereocenters. The van der Waals surface area contributed by atoms with Crippen molar-refractivity contribution in [2.45, 2.75) is 157 Å². The summed E-state index contributed by atoms with van der Waals surface area (Å²) >= 11 is 1.78. The van der Waals surface area contributed by atoms with Crippen LogP contribution in [0.1, 0.15) is 125 Å². The summed E-state index contributed by atoms with van der Waals surface area (Å²) in [5.41, 5.74) is 1.73. The van der Waals surface area contributed by atoms with Gasteiger partial charge in [0, 0.05) is 37.0 Å². The smallest absolute Gasteiger partial charge is 0.329 e. The van der Waals surface area contributed by atoms with E-state index in [0.717, 1.165) is 28.3 Å². The maximum absolute atomic E-state index is 14.3. The van der Waals surface area contributed by atoms with Crippen molar-refractivity contribution in [2.24, 2.45) is 40.0 Å². The van der Waals surface area contributed by atoms with Crippen molar-refractivity contribution >= 4 is 46.3 Å². The number of nitrogens with zero attached hydrogens (tertiary/aromatic N) is 2. The maximum atomic E-state index is 14.3. The summed E-state index contributed by atoms with van der Waals surface area (Å²) in [5, 5.41) is 6.93. The molecule has 0 radical (unpaired) electrons. The number of carbonyl (C=O) groups is 5. The molecule has 1 aromatic carbocycles. The second-order valence-electron chi connectivity index (χ2n) is 18.0. The predicted molar refractivity (Wildman–Crippen MR) is 221 cm³/mol. The molecule has 3 amide bonds. The highest BCUT2D eigenvalue weighted by Gasteiger charge is 2.42. The fraction of sp³-hybridized carbons (Fsp3) is 0.727. The van der Waals surface area contributed by atoms with E-state index in [1.54, 1.807) is 23.6 Å². The lowest BCUT2D eigenvalue weighted by atomic mass is 9.80. The Morgan fingerprint density at radius 3 is 2.31 bits per heavy atom. The highest BCUT2D eigenvalue weighted by Crippen LogP contribution is 2.36. The monoisotopic (exact) mass is 780 g/mol. The van der Waals surface area contributed by atoms with Crippen LogP contribution in [-0.4, -0.2) is 82.0 Å². The third-order valence-corrected chi connectivity index (χ3v) is 13.5. The minimum atomic E-state index is -0.960. The van der Waals surface area contributed by atoms with Crippen molar-refractivity contribution in [1.29, 1.82) is 0 Å². The third-order valence-electron chi connectivity index (χ3n) is 12.1. The first-order chi connectivity index (χ1) is 25.9. The molecule has 0 aliphatic carbocycles. The second kappa shape index (κ2) is 19.8. The van der Waals surface area contributed by atoms with Gasteiger partial charge in [0.15, 0.2) is 0 Å². The van der Waals surface area contributed by atoms with Gasteiger partial charge >= 0.3 is 5.97 Å². The number of nitrogens with one attached hydrogen (secondary N) is 2. The number of hydrogen-bond donors (Lipinski definition) is 2. The summed E-state index contributed by atoms with van der Waals surface area (Å²) in [7, 11) is 0. The average Bonchev–Trinajstić information content (AvgIpc) is 3.82. The third kappa shape index (κ3) is 12.4. The second-order valence-corrected chi connectivity index (χ2v) is 19.1. The van der Waals surface area contributed by atoms with Crippen molar-refractivity contribution in [3.8, 4) is 0 Å². The molecule has 3 aliphatic heterocycles. The summed E-state index contributed by atoms with van der Waals surface area (Å²) in [6, 6.07) is 5.40. The number of thioether (sulfide) groups is 1. The molecule has 2 N–H and O–H groups in total. The van der Waals surface area contributed by atoms with Gasteiger partial charge in [-0.25, -0.2) is 4.79 Å². The van der Waals surface area contributed by atoms with Crippen LogP contribution in [0.2, 0.25) is 0 Å². The number of esters is 1. The number of fused-ring (bicyclic) bond motifs is 2. The lowest BCUT2D eigenvalue weighted by molar-refractivity contribution is -0.164. The first-order valence-electron chi connectivity index (χ1n) is 20.8. The Balaban J connectivity index is 1.63. The number of amides is 3. The molecule has 1 saturated heterocycles. The van der Waals surface area contributed by atoms with E-state index in [-0.39, 0.29) is 59.3 Å². The Hall–Kier alpha value is -3.21. The van der Waals surface area contributed by atoms with Crippen molar-refractivity contribution in [1.82, 2.24) is 15.5 Å². The predicted octanol–water partition coefficient (Wildman–Crippen LogP) is 7.09. The van der Waals surface area contributed by atoms with Crippen LogP contribution in [0.5, 0.6) is 0 Å². The SMILES string of the molecule is CC[C@H](C)[C@@H]1NC(=O)[C@H](C)NC(=O)[C@H](Cc2ccc(C)cc2)CC(=O)CC[C@@H]2CSC(=N2)[C@H](C)[C@@H](C)C[C@H](C)C[C@@H](C(C)(C)C)OC(=O)[C@@H]2CCCN2C1=O. The van der Waals surface area contributed by atoms with Crippen molar-refractivity contribution in [3.05, 3.63) is 35.4 Å². The van der Waals surface area contributed by atoms with Crippen LogP contribution in [0.15, 0.2) is 29.3 Å². The summed E-state index contributed by atoms with van der Waals surface area (Å²) in [5.74, 6) is -0.723. The zero-order valence-electron chi connectivity index (χ0n) is 35.1. The number of aryl methyl sites for hydroxylation is 1. The maximum Gasteiger partial charge on any atom is 0.329 e. The number of carbonyl (C=O) groups excluding carboxylic acids is 5. The Labute approximate surface area is 334 Å². The minimum Gasteiger partial charge on any atom is -0.460 e. The summed E-state index contributed by atoms with van der Waals surface area (Å²) in [4.78, 5) is 76.0. The molecule has 0 saturated carbocycles. The topological polar surface area (TPSA) is 134 Å². The van der Waals surface area contributed by atoms with Crippen LogP contribution in [0, 0.1) is 41.9 Å². The summed E-state index contributed by atoms with van der Waals surface area (Å²) in [6.45, 7) is 20.9. The van der Waals surface area contributed by atoms with Crippen molar-refractivity contribution in [3.63, 3.8) is 0 Å². The van der Waals surface area contributed by atoms with Gasteiger partial charge in [0.25, 0.3) is 0 Å². The number of cyclic esters (lactones) is 1. The molecule has 55 heavy (non-hydrogen) atoms. The van der Waals surface area contributed by atoms with E-state index in [2.05, 4.69) is 52.2 Å². The minimum absolute atomic E-state index is 0.00606. The average molecular weight is 781 g/mol. The quantitative estimate of drug-likeness (QED) is 0.312. The molecule has 306 valence electrons. The number of ketones is 1. The fourth-order valence-corrected chi connectivity index (χ4v) is 9.28. The number of Topliss-reactive ketones (excluding diaryl/α,β-unsaturated/α-hetero) is 1. The van der Waals surface area contributed by atoms with E-state index >= 15 is 0 Å². The van der Waals surface area contributed by atoms with Crippen LogP contribution in [0.4, 0.5) is 0 Å². The Morgan fingerprint density at radius 1 is 0.964 bits per heavy atom. The van der Waals surface area contributed by atoms with E-state index in [9.17, 15) is 24.0 Å². The van der Waals surface area contributed by atoms with Gasteiger partial charge in [0.1, 0.15) is 30.0 Å². The van der Waals surface area contributed by atoms with Crippen LogP contribution in [0.3, 0.4) is 0 Å². The Bertz CT molecular complexity index is 1540. The largest absolute Gasteiger partial charge is 0.460 e. The van der Waals surface area contributed by atoms with E-state index in [4.69, 9.17) is 9.73 Å². The van der Waals surface area contributed by atoms with Crippen LogP contribution in [0.25, 0.3) is 0 Å². The Morgan fingerprint density at radius 2 is 1.65 bits per heavy atom. The fourth-order valence-electron chi connectivity index (χ4n) is 7.96. The lowest BCUT2D eigenvalue weighted by Crippen LogP contribution is -2.57. The van der Waals surface area contributed by atoms with Crippen molar-refractivity contribution < 1.29 is 28.7 Å². The zero-order chi connectivity index (χ0) is 40.6. The number of rotatable bonds is 4. The van der Waals surface area contributed by atoms with Gasteiger partial charge in [-0.15, -0.1) is 11.8 Å². The van der Waals surface area contributed by atoms with E-state index in [0.29, 0.717) is 57.4 Å². The van der Waals surface area contributed by atoms with Gasteiger partial charge in [-0.2, -0.15) is 0 Å². The van der Waals surface area contributed by atoms with Gasteiger partial charge in [-0.3, -0.25) is 24.2 Å².